The molecule has 0 aliphatic carbocycles. The van der Waals surface area contributed by atoms with Crippen LogP contribution in [0.1, 0.15) is 6.92 Å². The second-order valence-corrected chi connectivity index (χ2v) is 4.93. The molecule has 1 unspecified atom stereocenters. The van der Waals surface area contributed by atoms with Gasteiger partial charge >= 0.3 is 0 Å². The van der Waals surface area contributed by atoms with Gasteiger partial charge in [0.2, 0.25) is 0 Å². The molecule has 2 aromatic rings. The molecule has 18 heavy (non-hydrogen) atoms. The lowest BCUT2D eigenvalue weighted by Gasteiger charge is -2.37. The number of thiocarbonyl (C=S) groups is 1. The van der Waals surface area contributed by atoms with E-state index in [2.05, 4.69) is 10.3 Å². The number of hydrogen-bond donors (Lipinski definition) is 1. The molecule has 0 saturated heterocycles. The maximum absolute atomic E-state index is 6.05. The van der Waals surface area contributed by atoms with Gasteiger partial charge in [0.05, 0.1) is 18.6 Å². The summed E-state index contributed by atoms with van der Waals surface area (Å²) in [6.45, 7) is 2.62. The zero-order chi connectivity index (χ0) is 12.6. The van der Waals surface area contributed by atoms with Crippen molar-refractivity contribution in [1.82, 2.24) is 9.55 Å². The number of rotatable bonds is 2. The summed E-state index contributed by atoms with van der Waals surface area (Å²) < 4.78 is 8.01. The van der Waals surface area contributed by atoms with E-state index in [1.807, 2.05) is 42.0 Å². The van der Waals surface area contributed by atoms with Gasteiger partial charge in [-0.05, 0) is 19.1 Å². The number of imidazole rings is 1. The molecule has 1 atom stereocenters. The van der Waals surface area contributed by atoms with Gasteiger partial charge in [-0.2, -0.15) is 0 Å². The van der Waals surface area contributed by atoms with Crippen molar-refractivity contribution in [1.29, 1.82) is 0 Å². The first-order chi connectivity index (χ1) is 8.67. The summed E-state index contributed by atoms with van der Waals surface area (Å²) in [4.78, 5) is 4.72. The van der Waals surface area contributed by atoms with Crippen LogP contribution in [0.4, 0.5) is 5.69 Å². The Kier molecular flexibility index (Phi) is 2.56. The number of para-hydroxylation sites is 2. The summed E-state index contributed by atoms with van der Waals surface area (Å²) in [5.74, 6) is 0.828. The van der Waals surface area contributed by atoms with Crippen molar-refractivity contribution < 1.29 is 4.74 Å². The van der Waals surface area contributed by atoms with Crippen LogP contribution >= 0.6 is 12.2 Å². The fourth-order valence-electron chi connectivity index (χ4n) is 2.04. The highest BCUT2D eigenvalue weighted by Crippen LogP contribution is 2.34. The topological polar surface area (TPSA) is 39.1 Å². The van der Waals surface area contributed by atoms with Crippen LogP contribution in [0, 0.1) is 0 Å². The van der Waals surface area contributed by atoms with E-state index in [9.17, 15) is 0 Å². The molecule has 3 rings (SSSR count). The number of ether oxygens (including phenoxy) is 1. The third kappa shape index (κ3) is 1.86. The molecule has 1 aromatic carbocycles. The molecule has 1 aromatic heterocycles. The molecule has 0 bridgehead atoms. The zero-order valence-corrected chi connectivity index (χ0v) is 10.8. The molecule has 0 radical (unpaired) electrons. The van der Waals surface area contributed by atoms with Crippen molar-refractivity contribution in [2.75, 3.05) is 5.32 Å². The Morgan fingerprint density at radius 2 is 2.28 bits per heavy atom. The Morgan fingerprint density at radius 1 is 1.44 bits per heavy atom. The van der Waals surface area contributed by atoms with E-state index in [0.717, 1.165) is 11.4 Å². The van der Waals surface area contributed by atoms with Crippen molar-refractivity contribution in [2.24, 2.45) is 0 Å². The van der Waals surface area contributed by atoms with Crippen LogP contribution in [0.5, 0.6) is 5.75 Å². The number of benzene rings is 1. The van der Waals surface area contributed by atoms with Crippen LogP contribution in [-0.4, -0.2) is 20.1 Å². The van der Waals surface area contributed by atoms with Crippen LogP contribution in [0.15, 0.2) is 43.0 Å². The van der Waals surface area contributed by atoms with Gasteiger partial charge in [0.15, 0.2) is 5.60 Å². The first-order valence-corrected chi connectivity index (χ1v) is 6.13. The molecular weight excluding hydrogens is 246 g/mol. The molecule has 1 aliphatic heterocycles. The smallest absolute Gasteiger partial charge is 0.174 e. The van der Waals surface area contributed by atoms with E-state index >= 15 is 0 Å². The first kappa shape index (κ1) is 11.2. The van der Waals surface area contributed by atoms with Gasteiger partial charge in [0.25, 0.3) is 0 Å². The van der Waals surface area contributed by atoms with Crippen molar-refractivity contribution in [3.05, 3.63) is 43.0 Å². The van der Waals surface area contributed by atoms with Crippen LogP contribution in [0.2, 0.25) is 0 Å². The maximum Gasteiger partial charge on any atom is 0.174 e. The van der Waals surface area contributed by atoms with Crippen LogP contribution in [0.25, 0.3) is 0 Å². The quantitative estimate of drug-likeness (QED) is 0.841. The van der Waals surface area contributed by atoms with Gasteiger partial charge in [-0.15, -0.1) is 0 Å². The molecule has 0 amide bonds. The minimum atomic E-state index is -0.551. The Hall–Kier alpha value is -1.88. The number of fused-ring (bicyclic) bond motifs is 1. The van der Waals surface area contributed by atoms with Gasteiger partial charge in [-0.1, -0.05) is 24.4 Å². The second kappa shape index (κ2) is 4.10. The van der Waals surface area contributed by atoms with Crippen molar-refractivity contribution in [3.63, 3.8) is 0 Å². The maximum atomic E-state index is 6.05. The molecule has 5 heteroatoms. The predicted octanol–water partition coefficient (Wildman–Crippen LogP) is 2.47. The molecule has 4 nitrogen and oxygen atoms in total. The third-order valence-electron chi connectivity index (χ3n) is 2.99. The molecular formula is C13H13N3OS. The minimum absolute atomic E-state index is 0.551. The van der Waals surface area contributed by atoms with Gasteiger partial charge in [-0.3, -0.25) is 0 Å². The standard InChI is InChI=1S/C13H13N3OS/c1-13(8-16-7-6-14-9-16)12(18)15-10-4-2-3-5-11(10)17-13/h2-7,9H,8H2,1H3,(H,15,18). The van der Waals surface area contributed by atoms with Gasteiger partial charge in [-0.25, -0.2) is 4.98 Å². The second-order valence-electron chi connectivity index (χ2n) is 4.52. The molecule has 0 fully saturated rings. The van der Waals surface area contributed by atoms with E-state index in [4.69, 9.17) is 17.0 Å². The van der Waals surface area contributed by atoms with E-state index in [-0.39, 0.29) is 0 Å². The van der Waals surface area contributed by atoms with Crippen molar-refractivity contribution >= 4 is 22.9 Å². The summed E-state index contributed by atoms with van der Waals surface area (Å²) in [6, 6.07) is 7.80. The van der Waals surface area contributed by atoms with E-state index in [1.54, 1.807) is 12.5 Å². The average Bonchev–Trinajstić information content (AvgIpc) is 2.83. The fourth-order valence-corrected chi connectivity index (χ4v) is 2.25. The number of nitrogens with zero attached hydrogens (tertiary/aromatic N) is 2. The highest BCUT2D eigenvalue weighted by molar-refractivity contribution is 7.80. The Labute approximate surface area is 111 Å². The normalized spacial score (nSPS) is 21.9. The molecule has 1 aliphatic rings. The summed E-state index contributed by atoms with van der Waals surface area (Å²) in [5.41, 5.74) is 0.371. The molecule has 0 spiro atoms. The first-order valence-electron chi connectivity index (χ1n) is 5.73. The van der Waals surface area contributed by atoms with E-state index < -0.39 is 5.60 Å². The number of hydrogen-bond acceptors (Lipinski definition) is 3. The SMILES string of the molecule is CC1(Cn2ccnc2)Oc2ccccc2NC1=S. The predicted molar refractivity (Wildman–Crippen MR) is 73.9 cm³/mol. The highest BCUT2D eigenvalue weighted by Gasteiger charge is 2.37. The average molecular weight is 259 g/mol. The monoisotopic (exact) mass is 259 g/mol. The lowest BCUT2D eigenvalue weighted by Crippen LogP contribution is -2.50. The zero-order valence-electron chi connectivity index (χ0n) is 9.96. The Bertz CT molecular complexity index is 582. The molecule has 1 N–H and O–H groups in total. The summed E-state index contributed by atoms with van der Waals surface area (Å²) in [7, 11) is 0. The fraction of sp³-hybridized carbons (Fsp3) is 0.231. The third-order valence-corrected chi connectivity index (χ3v) is 3.53. The lowest BCUT2D eigenvalue weighted by atomic mass is 10.0. The summed E-state index contributed by atoms with van der Waals surface area (Å²) >= 11 is 5.42. The van der Waals surface area contributed by atoms with Crippen LogP contribution in [0.3, 0.4) is 0 Å². The summed E-state index contributed by atoms with van der Waals surface area (Å²) in [6.07, 6.45) is 5.41. The van der Waals surface area contributed by atoms with E-state index in [0.29, 0.717) is 11.5 Å². The lowest BCUT2D eigenvalue weighted by molar-refractivity contribution is 0.139. The molecule has 92 valence electrons. The molecule has 2 heterocycles. The number of nitrogens with one attached hydrogen (secondary N) is 1. The van der Waals surface area contributed by atoms with Crippen LogP contribution in [-0.2, 0) is 6.54 Å². The van der Waals surface area contributed by atoms with Crippen molar-refractivity contribution in [2.45, 2.75) is 19.1 Å². The van der Waals surface area contributed by atoms with E-state index in [1.165, 1.54) is 0 Å². The van der Waals surface area contributed by atoms with Gasteiger partial charge in [0, 0.05) is 12.4 Å². The van der Waals surface area contributed by atoms with Crippen molar-refractivity contribution in [3.8, 4) is 5.75 Å². The highest BCUT2D eigenvalue weighted by atomic mass is 32.1. The molecule has 0 saturated carbocycles. The Morgan fingerprint density at radius 3 is 3.06 bits per heavy atom. The Balaban J connectivity index is 1.92. The van der Waals surface area contributed by atoms with Gasteiger partial charge < -0.3 is 14.6 Å². The van der Waals surface area contributed by atoms with Crippen LogP contribution < -0.4 is 10.1 Å². The number of anilines is 1. The van der Waals surface area contributed by atoms with Gasteiger partial charge in [0.1, 0.15) is 10.7 Å². The summed E-state index contributed by atoms with van der Waals surface area (Å²) in [5, 5.41) is 3.24. The number of aromatic nitrogens is 2. The largest absolute Gasteiger partial charge is 0.476 e. The minimum Gasteiger partial charge on any atom is -0.476 e.